The highest BCUT2D eigenvalue weighted by atomic mass is 32.2. The topological polar surface area (TPSA) is 58.5 Å². The maximum absolute atomic E-state index is 12.5. The molecule has 3 aliphatic carbocycles. The van der Waals surface area contributed by atoms with Gasteiger partial charge in [-0.2, -0.15) is 13.5 Å². The molecule has 1 N–H and O–H groups in total. The van der Waals surface area contributed by atoms with Crippen LogP contribution in [0.1, 0.15) is 56.9 Å². The van der Waals surface area contributed by atoms with E-state index in [4.69, 9.17) is 0 Å². The van der Waals surface area contributed by atoms with Gasteiger partial charge in [0.1, 0.15) is 0 Å². The van der Waals surface area contributed by atoms with Gasteiger partial charge in [-0.3, -0.25) is 0 Å². The molecule has 25 heavy (non-hydrogen) atoms. The van der Waals surface area contributed by atoms with Gasteiger partial charge in [-0.1, -0.05) is 37.0 Å². The molecule has 1 aromatic rings. The SMILES string of the molecule is Cc1ccc(S(=O)(=O)N/N=C2\CCC[C@H]3[C@@H]4CCCCC[C@@H]4[C@@H]23)cc1. The first-order valence-corrected chi connectivity index (χ1v) is 11.2. The van der Waals surface area contributed by atoms with Crippen LogP contribution in [0.4, 0.5) is 0 Å². The van der Waals surface area contributed by atoms with Gasteiger partial charge in [-0.15, -0.1) is 0 Å². The third kappa shape index (κ3) is 3.23. The third-order valence-corrected chi connectivity index (χ3v) is 7.82. The fourth-order valence-electron chi connectivity index (χ4n) is 5.37. The molecule has 0 aliphatic heterocycles. The Bertz CT molecular complexity index is 754. The molecule has 3 saturated carbocycles. The normalized spacial score (nSPS) is 33.7. The van der Waals surface area contributed by atoms with Crippen molar-refractivity contribution in [1.29, 1.82) is 0 Å². The van der Waals surface area contributed by atoms with Crippen LogP contribution < -0.4 is 4.83 Å². The summed E-state index contributed by atoms with van der Waals surface area (Å²) in [6.07, 6.45) is 10.1. The van der Waals surface area contributed by atoms with Gasteiger partial charge in [0, 0.05) is 11.6 Å². The first-order valence-electron chi connectivity index (χ1n) is 9.71. The summed E-state index contributed by atoms with van der Waals surface area (Å²) in [6.45, 7) is 1.95. The molecular weight excluding hydrogens is 332 g/mol. The molecular formula is C20H28N2O2S. The van der Waals surface area contributed by atoms with Crippen LogP contribution in [-0.4, -0.2) is 14.1 Å². The first kappa shape index (κ1) is 17.1. The standard InChI is InChI=1S/C20H28N2O2S/c1-14-10-12-15(13-11-14)25(23,24)22-21-19-9-5-8-18-16-6-3-2-4-7-17(16)20(18)19/h10-13,16-18,20,22H,2-9H2,1H3/b21-19+/t16-,17+,18+,20-/m1/s1. The maximum Gasteiger partial charge on any atom is 0.276 e. The fourth-order valence-corrected chi connectivity index (χ4v) is 6.21. The minimum atomic E-state index is -3.57. The lowest BCUT2D eigenvalue weighted by Gasteiger charge is -2.55. The van der Waals surface area contributed by atoms with E-state index in [1.54, 1.807) is 12.1 Å². The monoisotopic (exact) mass is 360 g/mol. The largest absolute Gasteiger partial charge is 0.276 e. The van der Waals surface area contributed by atoms with Crippen LogP contribution in [-0.2, 0) is 10.0 Å². The third-order valence-electron chi connectivity index (χ3n) is 6.59. The summed E-state index contributed by atoms with van der Waals surface area (Å²) in [5.41, 5.74) is 2.16. The molecule has 0 bridgehead atoms. The second-order valence-electron chi connectivity index (χ2n) is 8.06. The lowest BCUT2D eigenvalue weighted by Crippen LogP contribution is -2.52. The summed E-state index contributed by atoms with van der Waals surface area (Å²) < 4.78 is 25.0. The van der Waals surface area contributed by atoms with Crippen LogP contribution in [0, 0.1) is 30.6 Å². The number of sulfonamides is 1. The Balaban J connectivity index is 1.51. The van der Waals surface area contributed by atoms with Crippen molar-refractivity contribution in [3.05, 3.63) is 29.8 Å². The molecule has 0 amide bonds. The van der Waals surface area contributed by atoms with E-state index >= 15 is 0 Å². The average molecular weight is 361 g/mol. The zero-order valence-electron chi connectivity index (χ0n) is 14.9. The minimum absolute atomic E-state index is 0.288. The van der Waals surface area contributed by atoms with E-state index in [2.05, 4.69) is 9.93 Å². The molecule has 4 atom stereocenters. The van der Waals surface area contributed by atoms with Gasteiger partial charge in [0.05, 0.1) is 4.90 Å². The van der Waals surface area contributed by atoms with Gasteiger partial charge in [0.2, 0.25) is 0 Å². The molecule has 136 valence electrons. The number of hydrogen-bond donors (Lipinski definition) is 1. The van der Waals surface area contributed by atoms with E-state index in [9.17, 15) is 8.42 Å². The predicted molar refractivity (Wildman–Crippen MR) is 99.8 cm³/mol. The van der Waals surface area contributed by atoms with E-state index < -0.39 is 10.0 Å². The minimum Gasteiger partial charge on any atom is -0.200 e. The second-order valence-corrected chi connectivity index (χ2v) is 9.72. The van der Waals surface area contributed by atoms with Crippen molar-refractivity contribution in [2.45, 2.75) is 63.2 Å². The molecule has 0 radical (unpaired) electrons. The van der Waals surface area contributed by atoms with E-state index in [0.717, 1.165) is 41.9 Å². The molecule has 0 saturated heterocycles. The van der Waals surface area contributed by atoms with E-state index in [1.807, 2.05) is 19.1 Å². The summed E-state index contributed by atoms with van der Waals surface area (Å²) in [4.78, 5) is 2.81. The number of rotatable bonds is 3. The summed E-state index contributed by atoms with van der Waals surface area (Å²) >= 11 is 0. The van der Waals surface area contributed by atoms with Crippen LogP contribution in [0.15, 0.2) is 34.3 Å². The number of hydrazone groups is 1. The smallest absolute Gasteiger partial charge is 0.200 e. The molecule has 0 heterocycles. The molecule has 0 spiro atoms. The Kier molecular flexibility index (Phi) is 4.61. The molecule has 4 rings (SSSR count). The van der Waals surface area contributed by atoms with Crippen LogP contribution in [0.3, 0.4) is 0 Å². The number of aryl methyl sites for hydroxylation is 1. The maximum atomic E-state index is 12.5. The molecule has 1 aromatic carbocycles. The van der Waals surface area contributed by atoms with Crippen molar-refractivity contribution in [2.24, 2.45) is 28.8 Å². The van der Waals surface area contributed by atoms with Crippen LogP contribution in [0.2, 0.25) is 0 Å². The molecule has 0 unspecified atom stereocenters. The van der Waals surface area contributed by atoms with Crippen molar-refractivity contribution in [2.75, 3.05) is 0 Å². The van der Waals surface area contributed by atoms with Crippen LogP contribution in [0.5, 0.6) is 0 Å². The van der Waals surface area contributed by atoms with E-state index in [-0.39, 0.29) is 4.90 Å². The molecule has 5 heteroatoms. The highest BCUT2D eigenvalue weighted by molar-refractivity contribution is 7.89. The number of fused-ring (bicyclic) bond motifs is 4. The first-order chi connectivity index (χ1) is 12.1. The quantitative estimate of drug-likeness (QED) is 0.819. The van der Waals surface area contributed by atoms with Gasteiger partial charge in [0.15, 0.2) is 0 Å². The number of benzene rings is 1. The van der Waals surface area contributed by atoms with Crippen LogP contribution in [0.25, 0.3) is 0 Å². The Morgan fingerprint density at radius 2 is 1.56 bits per heavy atom. The summed E-state index contributed by atoms with van der Waals surface area (Å²) in [5, 5.41) is 4.44. The van der Waals surface area contributed by atoms with Crippen molar-refractivity contribution in [3.63, 3.8) is 0 Å². The van der Waals surface area contributed by atoms with Crippen LogP contribution >= 0.6 is 0 Å². The van der Waals surface area contributed by atoms with Gasteiger partial charge < -0.3 is 0 Å². The molecule has 0 aromatic heterocycles. The highest BCUT2D eigenvalue weighted by Crippen LogP contribution is 2.57. The summed E-state index contributed by atoms with van der Waals surface area (Å²) in [7, 11) is -3.57. The molecule has 3 aliphatic rings. The number of nitrogens with zero attached hydrogens (tertiary/aromatic N) is 1. The Labute approximate surface area is 151 Å². The average Bonchev–Trinajstić information content (AvgIpc) is 2.80. The Morgan fingerprint density at radius 1 is 0.920 bits per heavy atom. The Hall–Kier alpha value is -1.36. The van der Waals surface area contributed by atoms with Gasteiger partial charge >= 0.3 is 0 Å². The Morgan fingerprint density at radius 3 is 2.28 bits per heavy atom. The van der Waals surface area contributed by atoms with Crippen molar-refractivity contribution >= 4 is 15.7 Å². The van der Waals surface area contributed by atoms with Gasteiger partial charge in [-0.25, -0.2) is 4.83 Å². The zero-order chi connectivity index (χ0) is 17.4. The van der Waals surface area contributed by atoms with E-state index in [1.165, 1.54) is 38.5 Å². The predicted octanol–water partition coefficient (Wildman–Crippen LogP) is 4.26. The number of hydrogen-bond acceptors (Lipinski definition) is 3. The van der Waals surface area contributed by atoms with Crippen molar-refractivity contribution in [1.82, 2.24) is 4.83 Å². The van der Waals surface area contributed by atoms with Gasteiger partial charge in [0.25, 0.3) is 10.0 Å². The summed E-state index contributed by atoms with van der Waals surface area (Å²) in [5.74, 6) is 2.89. The van der Waals surface area contributed by atoms with Gasteiger partial charge in [-0.05, 0) is 68.9 Å². The zero-order valence-corrected chi connectivity index (χ0v) is 15.8. The lowest BCUT2D eigenvalue weighted by molar-refractivity contribution is -0.000272. The van der Waals surface area contributed by atoms with E-state index in [0.29, 0.717) is 5.92 Å². The molecule has 4 nitrogen and oxygen atoms in total. The lowest BCUT2D eigenvalue weighted by atomic mass is 9.50. The fraction of sp³-hybridized carbons (Fsp3) is 0.650. The highest BCUT2D eigenvalue weighted by Gasteiger charge is 2.52. The van der Waals surface area contributed by atoms with Crippen molar-refractivity contribution < 1.29 is 8.42 Å². The summed E-state index contributed by atoms with van der Waals surface area (Å²) in [6, 6.07) is 6.93. The molecule has 3 fully saturated rings. The van der Waals surface area contributed by atoms with Crippen molar-refractivity contribution in [3.8, 4) is 0 Å². The number of nitrogens with one attached hydrogen (secondary N) is 1. The second kappa shape index (κ2) is 6.75.